The van der Waals surface area contributed by atoms with Crippen molar-refractivity contribution in [1.82, 2.24) is 0 Å². The highest BCUT2D eigenvalue weighted by molar-refractivity contribution is 14.1. The van der Waals surface area contributed by atoms with Crippen molar-refractivity contribution in [1.29, 1.82) is 0 Å². The number of halogens is 3. The van der Waals surface area contributed by atoms with Crippen LogP contribution in [0.15, 0.2) is 24.3 Å². The van der Waals surface area contributed by atoms with E-state index in [1.54, 1.807) is 0 Å². The van der Waals surface area contributed by atoms with Gasteiger partial charge in [0.25, 0.3) is 0 Å². The number of hydrogen-bond acceptors (Lipinski definition) is 2. The van der Waals surface area contributed by atoms with Gasteiger partial charge in [0.05, 0.1) is 7.14 Å². The summed E-state index contributed by atoms with van der Waals surface area (Å²) in [6.45, 7) is 1.13. The maximum atomic E-state index is 5.66. The molecule has 0 spiro atoms. The minimum Gasteiger partial charge on any atom is -0.487 e. The van der Waals surface area contributed by atoms with Crippen LogP contribution < -0.4 is 10.5 Å². The second-order valence-electron chi connectivity index (χ2n) is 2.72. The smallest absolute Gasteiger partial charge is 0.146 e. The largest absolute Gasteiger partial charge is 0.487 e. The highest BCUT2D eigenvalue weighted by atomic mass is 127. The van der Waals surface area contributed by atoms with Crippen LogP contribution in [0.3, 0.4) is 0 Å². The predicted octanol–water partition coefficient (Wildman–Crippen LogP) is 3.39. The Labute approximate surface area is 130 Å². The van der Waals surface area contributed by atoms with Crippen LogP contribution in [0.1, 0.15) is 0 Å². The lowest BCUT2D eigenvalue weighted by Crippen LogP contribution is -2.00. The van der Waals surface area contributed by atoms with Crippen LogP contribution in [0.5, 0.6) is 5.75 Å². The average Bonchev–Trinajstić information content (AvgIpc) is 2.15. The van der Waals surface area contributed by atoms with E-state index in [0.29, 0.717) is 13.2 Å². The molecule has 2 N–H and O–H groups in total. The summed E-state index contributed by atoms with van der Waals surface area (Å²) in [5.74, 6) is 0.957. The van der Waals surface area contributed by atoms with E-state index < -0.39 is 0 Å². The van der Waals surface area contributed by atoms with Crippen LogP contribution in [0.4, 0.5) is 0 Å². The first kappa shape index (κ1) is 14.0. The van der Waals surface area contributed by atoms with Gasteiger partial charge in [-0.1, -0.05) is 12.2 Å². The van der Waals surface area contributed by atoms with Gasteiger partial charge in [-0.15, -0.1) is 0 Å². The van der Waals surface area contributed by atoms with E-state index in [4.69, 9.17) is 10.5 Å². The Morgan fingerprint density at radius 3 is 2.27 bits per heavy atom. The van der Waals surface area contributed by atoms with Crippen molar-refractivity contribution < 1.29 is 4.74 Å². The second-order valence-corrected chi connectivity index (χ2v) is 6.29. The molecule has 82 valence electrons. The third kappa shape index (κ3) is 4.73. The van der Waals surface area contributed by atoms with Gasteiger partial charge in [-0.3, -0.25) is 0 Å². The molecule has 15 heavy (non-hydrogen) atoms. The first-order valence-electron chi connectivity index (χ1n) is 4.27. The zero-order chi connectivity index (χ0) is 11.3. The fourth-order valence-corrected chi connectivity index (χ4v) is 4.86. The highest BCUT2D eigenvalue weighted by Gasteiger charge is 2.06. The summed E-state index contributed by atoms with van der Waals surface area (Å²) in [4.78, 5) is 0. The van der Waals surface area contributed by atoms with Crippen LogP contribution in [0.25, 0.3) is 0 Å². The molecule has 1 aromatic carbocycles. The number of hydrogen-bond donors (Lipinski definition) is 1. The van der Waals surface area contributed by atoms with Crippen LogP contribution >= 0.6 is 67.8 Å². The van der Waals surface area contributed by atoms with Gasteiger partial charge < -0.3 is 10.5 Å². The SMILES string of the molecule is NCC=CCOc1c(I)cc(I)cc1I. The fraction of sp³-hybridized carbons (Fsp3) is 0.200. The van der Waals surface area contributed by atoms with Gasteiger partial charge in [-0.25, -0.2) is 0 Å². The molecule has 0 saturated heterocycles. The standard InChI is InChI=1S/C10H10I3NO/c11-7-5-8(12)10(9(13)6-7)15-4-2-1-3-14/h1-2,5-6H,3-4,14H2. The van der Waals surface area contributed by atoms with Crippen molar-refractivity contribution in [3.8, 4) is 5.75 Å². The van der Waals surface area contributed by atoms with E-state index in [9.17, 15) is 0 Å². The van der Waals surface area contributed by atoms with E-state index >= 15 is 0 Å². The van der Waals surface area contributed by atoms with Crippen molar-refractivity contribution in [3.63, 3.8) is 0 Å². The molecule has 0 amide bonds. The molecule has 0 aliphatic carbocycles. The molecular formula is C10H10I3NO. The first-order chi connectivity index (χ1) is 7.15. The molecule has 0 radical (unpaired) electrons. The second kappa shape index (κ2) is 7.28. The monoisotopic (exact) mass is 541 g/mol. The summed E-state index contributed by atoms with van der Waals surface area (Å²) >= 11 is 6.88. The van der Waals surface area contributed by atoms with Crippen molar-refractivity contribution in [2.75, 3.05) is 13.2 Å². The minimum absolute atomic E-state index is 0.560. The number of nitrogens with two attached hydrogens (primary N) is 1. The lowest BCUT2D eigenvalue weighted by atomic mass is 10.3. The molecule has 0 heterocycles. The molecule has 0 atom stereocenters. The molecule has 0 aliphatic rings. The van der Waals surface area contributed by atoms with Gasteiger partial charge in [0.1, 0.15) is 12.4 Å². The van der Waals surface area contributed by atoms with E-state index in [-0.39, 0.29) is 0 Å². The Kier molecular flexibility index (Phi) is 6.78. The Morgan fingerprint density at radius 2 is 1.73 bits per heavy atom. The highest BCUT2D eigenvalue weighted by Crippen LogP contribution is 2.29. The summed E-state index contributed by atoms with van der Waals surface area (Å²) in [5, 5.41) is 0. The van der Waals surface area contributed by atoms with Gasteiger partial charge in [0, 0.05) is 10.1 Å². The zero-order valence-corrected chi connectivity index (χ0v) is 14.3. The number of benzene rings is 1. The molecule has 1 aromatic rings. The normalized spacial score (nSPS) is 10.9. The van der Waals surface area contributed by atoms with Crippen molar-refractivity contribution >= 4 is 67.8 Å². The molecule has 2 nitrogen and oxygen atoms in total. The summed E-state index contributed by atoms with van der Waals surface area (Å²) in [6, 6.07) is 4.20. The van der Waals surface area contributed by atoms with Crippen LogP contribution in [-0.2, 0) is 0 Å². The Balaban J connectivity index is 2.72. The fourth-order valence-electron chi connectivity index (χ4n) is 0.963. The molecule has 0 bridgehead atoms. The lowest BCUT2D eigenvalue weighted by Gasteiger charge is -2.08. The van der Waals surface area contributed by atoms with Crippen LogP contribution in [-0.4, -0.2) is 13.2 Å². The van der Waals surface area contributed by atoms with E-state index in [0.717, 1.165) is 12.9 Å². The molecule has 0 saturated carbocycles. The topological polar surface area (TPSA) is 35.2 Å². The van der Waals surface area contributed by atoms with Gasteiger partial charge in [0.2, 0.25) is 0 Å². The summed E-state index contributed by atoms with van der Waals surface area (Å²) in [5.41, 5.74) is 5.34. The van der Waals surface area contributed by atoms with Gasteiger partial charge in [-0.2, -0.15) is 0 Å². The van der Waals surface area contributed by atoms with Crippen LogP contribution in [0.2, 0.25) is 0 Å². The number of rotatable bonds is 4. The molecule has 0 unspecified atom stereocenters. The summed E-state index contributed by atoms with van der Waals surface area (Å²) in [6.07, 6.45) is 3.83. The first-order valence-corrected chi connectivity index (χ1v) is 7.51. The summed E-state index contributed by atoms with van der Waals surface area (Å²) in [7, 11) is 0. The molecule has 1 rings (SSSR count). The van der Waals surface area contributed by atoms with E-state index in [1.807, 2.05) is 12.2 Å². The maximum Gasteiger partial charge on any atom is 0.146 e. The minimum atomic E-state index is 0.560. The third-order valence-electron chi connectivity index (χ3n) is 1.59. The molecule has 0 aromatic heterocycles. The van der Waals surface area contributed by atoms with Crippen molar-refractivity contribution in [2.45, 2.75) is 0 Å². The zero-order valence-electron chi connectivity index (χ0n) is 7.84. The van der Waals surface area contributed by atoms with Gasteiger partial charge in [-0.05, 0) is 79.9 Å². The molecular weight excluding hydrogens is 531 g/mol. The quantitative estimate of drug-likeness (QED) is 0.469. The molecule has 0 fully saturated rings. The number of ether oxygens (including phenoxy) is 1. The predicted molar refractivity (Wildman–Crippen MR) is 88.3 cm³/mol. The summed E-state index contributed by atoms with van der Waals surface area (Å²) < 4.78 is 9.18. The van der Waals surface area contributed by atoms with Gasteiger partial charge in [0.15, 0.2) is 0 Å². The third-order valence-corrected chi connectivity index (χ3v) is 3.82. The van der Waals surface area contributed by atoms with E-state index in [1.165, 1.54) is 3.57 Å². The van der Waals surface area contributed by atoms with Crippen molar-refractivity contribution in [2.24, 2.45) is 5.73 Å². The Bertz CT molecular complexity index is 343. The van der Waals surface area contributed by atoms with Gasteiger partial charge >= 0.3 is 0 Å². The molecule has 0 aliphatic heterocycles. The maximum absolute atomic E-state index is 5.66. The molecule has 5 heteroatoms. The van der Waals surface area contributed by atoms with E-state index in [2.05, 4.69) is 79.9 Å². The van der Waals surface area contributed by atoms with Crippen molar-refractivity contribution in [3.05, 3.63) is 35.0 Å². The lowest BCUT2D eigenvalue weighted by molar-refractivity contribution is 0.357. The Hall–Kier alpha value is 0.910. The van der Waals surface area contributed by atoms with Crippen LogP contribution in [0, 0.1) is 10.7 Å². The Morgan fingerprint density at radius 1 is 1.13 bits per heavy atom. The average molecular weight is 541 g/mol.